The van der Waals surface area contributed by atoms with Gasteiger partial charge in [0.25, 0.3) is 17.7 Å². The number of oxazole rings is 1. The van der Waals surface area contributed by atoms with E-state index in [-0.39, 0.29) is 29.7 Å². The molecular formula is C40H44N6O5. The maximum absolute atomic E-state index is 14.6. The SMILES string of the molecule is CCCCN(CCCC)C(=O)c1cc(C)n(-c2ccc(NC(=O)c3ncoc3-c3ccccc3)cc2C(=O)N2Cc3ccccc3C[C@H]2CO)n1. The van der Waals surface area contributed by atoms with Gasteiger partial charge in [-0.25, -0.2) is 9.67 Å². The van der Waals surface area contributed by atoms with Crippen molar-refractivity contribution in [2.24, 2.45) is 0 Å². The number of carbonyl (C=O) groups excluding carboxylic acids is 3. The average Bonchev–Trinajstić information content (AvgIpc) is 3.81. The first-order valence-corrected chi connectivity index (χ1v) is 17.6. The predicted octanol–water partition coefficient (Wildman–Crippen LogP) is 6.69. The fraction of sp³-hybridized carbons (Fsp3) is 0.325. The molecule has 0 fully saturated rings. The van der Waals surface area contributed by atoms with Crippen LogP contribution in [0, 0.1) is 6.92 Å². The van der Waals surface area contributed by atoms with Crippen LogP contribution in [-0.4, -0.2) is 73.1 Å². The summed E-state index contributed by atoms with van der Waals surface area (Å²) in [6.07, 6.45) is 5.46. The van der Waals surface area contributed by atoms with E-state index < -0.39 is 11.9 Å². The number of nitrogens with zero attached hydrogens (tertiary/aromatic N) is 5. The fourth-order valence-corrected chi connectivity index (χ4v) is 6.50. The minimum Gasteiger partial charge on any atom is -0.443 e. The van der Waals surface area contributed by atoms with Gasteiger partial charge in [0, 0.05) is 36.6 Å². The minimum atomic E-state index is -0.503. The topological polar surface area (TPSA) is 134 Å². The number of hydrogen-bond donors (Lipinski definition) is 2. The van der Waals surface area contributed by atoms with E-state index >= 15 is 0 Å². The van der Waals surface area contributed by atoms with Gasteiger partial charge in [0.1, 0.15) is 0 Å². The van der Waals surface area contributed by atoms with Gasteiger partial charge in [0.2, 0.25) is 0 Å². The van der Waals surface area contributed by atoms with Gasteiger partial charge in [0.15, 0.2) is 23.5 Å². The average molecular weight is 689 g/mol. The lowest BCUT2D eigenvalue weighted by Gasteiger charge is -2.36. The van der Waals surface area contributed by atoms with Crippen LogP contribution in [0.25, 0.3) is 17.0 Å². The van der Waals surface area contributed by atoms with E-state index in [9.17, 15) is 19.5 Å². The maximum atomic E-state index is 14.6. The smallest absolute Gasteiger partial charge is 0.278 e. The van der Waals surface area contributed by atoms with Crippen LogP contribution >= 0.6 is 0 Å². The molecule has 0 unspecified atom stereocenters. The Hall–Kier alpha value is -5.55. The molecule has 2 N–H and O–H groups in total. The highest BCUT2D eigenvalue weighted by Gasteiger charge is 2.32. The lowest BCUT2D eigenvalue weighted by molar-refractivity contribution is 0.0544. The summed E-state index contributed by atoms with van der Waals surface area (Å²) in [5.41, 5.74) is 4.94. The quantitative estimate of drug-likeness (QED) is 0.141. The molecule has 51 heavy (non-hydrogen) atoms. The molecule has 0 aliphatic carbocycles. The summed E-state index contributed by atoms with van der Waals surface area (Å²) in [4.78, 5) is 49.6. The molecule has 6 rings (SSSR count). The zero-order valence-corrected chi connectivity index (χ0v) is 29.3. The van der Waals surface area contributed by atoms with E-state index in [2.05, 4.69) is 24.1 Å². The zero-order chi connectivity index (χ0) is 35.9. The molecule has 0 spiro atoms. The molecule has 1 aliphatic heterocycles. The maximum Gasteiger partial charge on any atom is 0.278 e. The van der Waals surface area contributed by atoms with E-state index in [1.165, 1.54) is 6.39 Å². The number of amides is 3. The van der Waals surface area contributed by atoms with Gasteiger partial charge in [-0.2, -0.15) is 5.10 Å². The standard InChI is InChI=1S/C40H44N6O5/c1-4-6-19-44(20-7-5-2)40(50)34-21-27(3)46(43-34)35-18-17-31(42-38(48)36-37(51-26-41-36)28-13-9-8-10-14-28)23-33(35)39(49)45-24-30-16-12-11-15-29(30)22-32(45)25-47/h8-18,21,23,26,32,47H,4-7,19-20,22,24-25H2,1-3H3,(H,42,48)/t32-/m0/s1. The summed E-state index contributed by atoms with van der Waals surface area (Å²) in [5, 5.41) is 18.1. The Morgan fingerprint density at radius 1 is 0.941 bits per heavy atom. The van der Waals surface area contributed by atoms with Crippen LogP contribution in [0.1, 0.15) is 87.7 Å². The molecule has 3 heterocycles. The number of hydrogen-bond acceptors (Lipinski definition) is 7. The lowest BCUT2D eigenvalue weighted by Crippen LogP contribution is -2.46. The first kappa shape index (κ1) is 35.3. The van der Waals surface area contributed by atoms with E-state index in [1.54, 1.807) is 33.8 Å². The molecular weight excluding hydrogens is 644 g/mol. The number of aliphatic hydroxyl groups excluding tert-OH is 1. The van der Waals surface area contributed by atoms with Gasteiger partial charge in [-0.1, -0.05) is 81.3 Å². The Labute approximate surface area is 297 Å². The predicted molar refractivity (Wildman–Crippen MR) is 195 cm³/mol. The molecule has 0 saturated carbocycles. The number of carbonyl (C=O) groups is 3. The van der Waals surface area contributed by atoms with Crippen LogP contribution in [0.5, 0.6) is 0 Å². The largest absolute Gasteiger partial charge is 0.443 e. The first-order chi connectivity index (χ1) is 24.8. The van der Waals surface area contributed by atoms with Gasteiger partial charge < -0.3 is 24.6 Å². The van der Waals surface area contributed by atoms with Crippen molar-refractivity contribution in [3.05, 3.63) is 119 Å². The second kappa shape index (κ2) is 16.0. The Morgan fingerprint density at radius 3 is 2.35 bits per heavy atom. The van der Waals surface area contributed by atoms with Crippen LogP contribution in [-0.2, 0) is 13.0 Å². The molecule has 264 valence electrons. The number of unbranched alkanes of at least 4 members (excludes halogenated alkanes) is 2. The van der Waals surface area contributed by atoms with Crippen molar-refractivity contribution in [2.45, 2.75) is 65.5 Å². The minimum absolute atomic E-state index is 0.105. The molecule has 0 radical (unpaired) electrons. The third-order valence-corrected chi connectivity index (χ3v) is 9.32. The van der Waals surface area contributed by atoms with Crippen LogP contribution < -0.4 is 5.32 Å². The van der Waals surface area contributed by atoms with Crippen LogP contribution in [0.4, 0.5) is 5.69 Å². The number of rotatable bonds is 13. The summed E-state index contributed by atoms with van der Waals surface area (Å²) in [6.45, 7) is 7.43. The summed E-state index contributed by atoms with van der Waals surface area (Å²) in [5.74, 6) is -0.659. The van der Waals surface area contributed by atoms with E-state index in [0.717, 1.165) is 36.8 Å². The third-order valence-electron chi connectivity index (χ3n) is 9.32. The monoisotopic (exact) mass is 688 g/mol. The number of benzene rings is 3. The number of aryl methyl sites for hydroxylation is 1. The Bertz CT molecular complexity index is 1990. The summed E-state index contributed by atoms with van der Waals surface area (Å²) >= 11 is 0. The highest BCUT2D eigenvalue weighted by atomic mass is 16.3. The Morgan fingerprint density at radius 2 is 1.65 bits per heavy atom. The van der Waals surface area contributed by atoms with Crippen molar-refractivity contribution in [3.8, 4) is 17.0 Å². The second-order valence-corrected chi connectivity index (χ2v) is 12.9. The van der Waals surface area contributed by atoms with Crippen molar-refractivity contribution in [1.29, 1.82) is 0 Å². The Balaban J connectivity index is 1.38. The zero-order valence-electron chi connectivity index (χ0n) is 29.3. The summed E-state index contributed by atoms with van der Waals surface area (Å²) in [6, 6.07) is 23.4. The number of anilines is 1. The van der Waals surface area contributed by atoms with Crippen molar-refractivity contribution in [2.75, 3.05) is 25.0 Å². The Kier molecular flexibility index (Phi) is 11.1. The molecule has 11 nitrogen and oxygen atoms in total. The van der Waals surface area contributed by atoms with Gasteiger partial charge in [-0.05, 0) is 61.6 Å². The molecule has 0 saturated heterocycles. The highest BCUT2D eigenvalue weighted by molar-refractivity contribution is 6.07. The summed E-state index contributed by atoms with van der Waals surface area (Å²) in [7, 11) is 0. The van der Waals surface area contributed by atoms with E-state index in [1.807, 2.05) is 66.4 Å². The number of aliphatic hydroxyl groups is 1. The molecule has 11 heteroatoms. The molecule has 2 aromatic heterocycles. The van der Waals surface area contributed by atoms with Crippen LogP contribution in [0.3, 0.4) is 0 Å². The molecule has 1 atom stereocenters. The second-order valence-electron chi connectivity index (χ2n) is 12.9. The highest BCUT2D eigenvalue weighted by Crippen LogP contribution is 2.30. The molecule has 1 aliphatic rings. The fourth-order valence-electron chi connectivity index (χ4n) is 6.50. The van der Waals surface area contributed by atoms with Gasteiger partial charge >= 0.3 is 0 Å². The van der Waals surface area contributed by atoms with Crippen molar-refractivity contribution < 1.29 is 23.9 Å². The molecule has 0 bridgehead atoms. The molecule has 3 amide bonds. The van der Waals surface area contributed by atoms with Crippen LogP contribution in [0.15, 0.2) is 89.7 Å². The van der Waals surface area contributed by atoms with Crippen LogP contribution in [0.2, 0.25) is 0 Å². The first-order valence-electron chi connectivity index (χ1n) is 17.6. The van der Waals surface area contributed by atoms with E-state index in [4.69, 9.17) is 9.52 Å². The normalized spacial score (nSPS) is 13.9. The number of nitrogens with one attached hydrogen (secondary N) is 1. The van der Waals surface area contributed by atoms with Crippen molar-refractivity contribution in [1.82, 2.24) is 24.6 Å². The van der Waals surface area contributed by atoms with Gasteiger partial charge in [-0.15, -0.1) is 0 Å². The van der Waals surface area contributed by atoms with E-state index in [0.29, 0.717) is 60.1 Å². The van der Waals surface area contributed by atoms with Crippen molar-refractivity contribution in [3.63, 3.8) is 0 Å². The third kappa shape index (κ3) is 7.63. The van der Waals surface area contributed by atoms with Gasteiger partial charge in [0.05, 0.1) is 23.9 Å². The number of fused-ring (bicyclic) bond motifs is 1. The lowest BCUT2D eigenvalue weighted by atomic mass is 9.93. The molecule has 5 aromatic rings. The molecule has 3 aromatic carbocycles. The van der Waals surface area contributed by atoms with Crippen molar-refractivity contribution >= 4 is 23.4 Å². The number of aromatic nitrogens is 3. The summed E-state index contributed by atoms with van der Waals surface area (Å²) < 4.78 is 7.19. The van der Waals surface area contributed by atoms with Gasteiger partial charge in [-0.3, -0.25) is 14.4 Å².